The summed E-state index contributed by atoms with van der Waals surface area (Å²) < 4.78 is 27.6. The first-order chi connectivity index (χ1) is 14.8. The molecule has 2 heterocycles. The summed E-state index contributed by atoms with van der Waals surface area (Å²) in [5, 5.41) is 13.0. The number of pyridine rings is 1. The molecule has 32 heavy (non-hydrogen) atoms. The van der Waals surface area contributed by atoms with Gasteiger partial charge in [-0.2, -0.15) is 4.31 Å². The number of aromatic nitrogens is 2. The first-order valence-electron chi connectivity index (χ1n) is 9.75. The third-order valence-electron chi connectivity index (χ3n) is 5.05. The Kier molecular flexibility index (Phi) is 8.46. The van der Waals surface area contributed by atoms with Gasteiger partial charge in [0.1, 0.15) is 5.52 Å². The number of carboxylic acid groups (broad SMARTS) is 1. The third-order valence-corrected chi connectivity index (χ3v) is 6.89. The van der Waals surface area contributed by atoms with Gasteiger partial charge in [-0.15, -0.1) is 18.8 Å². The number of rotatable bonds is 10. The third kappa shape index (κ3) is 5.14. The monoisotopic (exact) mass is 480 g/mol. The number of fused-ring (bicyclic) bond motifs is 3. The molecular weight excluding hydrogens is 456 g/mol. The summed E-state index contributed by atoms with van der Waals surface area (Å²) >= 11 is 0. The summed E-state index contributed by atoms with van der Waals surface area (Å²) in [4.78, 5) is 29.1. The van der Waals surface area contributed by atoms with Gasteiger partial charge in [0.05, 0.1) is 11.4 Å². The highest BCUT2D eigenvalue weighted by molar-refractivity contribution is 7.89. The average molecular weight is 481 g/mol. The second kappa shape index (κ2) is 10.7. The number of H-pyrrole nitrogens is 2. The molecule has 0 saturated heterocycles. The molecule has 2 aromatic heterocycles. The van der Waals surface area contributed by atoms with Crippen molar-refractivity contribution < 1.29 is 18.3 Å². The molecule has 4 N–H and O–H groups in total. The molecule has 172 valence electrons. The zero-order valence-electron chi connectivity index (χ0n) is 17.5. The smallest absolute Gasteiger partial charge is 0.303 e. The molecule has 0 unspecified atom stereocenters. The lowest BCUT2D eigenvalue weighted by Crippen LogP contribution is -2.36. The predicted molar refractivity (Wildman–Crippen MR) is 126 cm³/mol. The van der Waals surface area contributed by atoms with Crippen LogP contribution in [-0.2, 0) is 21.2 Å². The molecule has 0 bridgehead atoms. The van der Waals surface area contributed by atoms with Crippen LogP contribution in [0.4, 0.5) is 0 Å². The fourth-order valence-electron chi connectivity index (χ4n) is 3.53. The fraction of sp³-hybridized carbons (Fsp3) is 0.333. The summed E-state index contributed by atoms with van der Waals surface area (Å²) in [6.45, 7) is 0.595. The molecule has 0 aliphatic heterocycles. The van der Waals surface area contributed by atoms with E-state index in [0.29, 0.717) is 41.2 Å². The number of aryl methyl sites for hydroxylation is 1. The zero-order chi connectivity index (χ0) is 22.6. The van der Waals surface area contributed by atoms with Gasteiger partial charge in [-0.1, -0.05) is 5.92 Å². The minimum absolute atomic E-state index is 0. The summed E-state index contributed by atoms with van der Waals surface area (Å²) in [5.74, 6) is 1.49. The molecule has 3 aromatic rings. The highest BCUT2D eigenvalue weighted by Gasteiger charge is 2.24. The molecule has 9 nitrogen and oxygen atoms in total. The fourth-order valence-corrected chi connectivity index (χ4v) is 4.92. The van der Waals surface area contributed by atoms with E-state index < -0.39 is 16.0 Å². The second-order valence-electron chi connectivity index (χ2n) is 7.12. The van der Waals surface area contributed by atoms with E-state index in [2.05, 4.69) is 21.2 Å². The van der Waals surface area contributed by atoms with Crippen LogP contribution in [0.25, 0.3) is 21.8 Å². The van der Waals surface area contributed by atoms with Crippen molar-refractivity contribution in [3.63, 3.8) is 0 Å². The van der Waals surface area contributed by atoms with Crippen molar-refractivity contribution in [1.82, 2.24) is 19.6 Å². The number of terminal acetylenes is 1. The number of sulfonamides is 1. The van der Waals surface area contributed by atoms with Crippen molar-refractivity contribution in [3.05, 3.63) is 40.3 Å². The molecule has 0 atom stereocenters. The van der Waals surface area contributed by atoms with E-state index in [0.717, 1.165) is 5.56 Å². The van der Waals surface area contributed by atoms with Crippen LogP contribution < -0.4 is 10.9 Å². The maximum absolute atomic E-state index is 13.2. The van der Waals surface area contributed by atoms with Crippen molar-refractivity contribution in [3.8, 4) is 12.3 Å². The van der Waals surface area contributed by atoms with Gasteiger partial charge >= 0.3 is 5.97 Å². The summed E-state index contributed by atoms with van der Waals surface area (Å²) in [6.07, 6.45) is 7.87. The molecule has 0 fully saturated rings. The Morgan fingerprint density at radius 2 is 2.09 bits per heavy atom. The Morgan fingerprint density at radius 3 is 2.75 bits per heavy atom. The van der Waals surface area contributed by atoms with Gasteiger partial charge in [0.2, 0.25) is 10.0 Å². The van der Waals surface area contributed by atoms with Crippen molar-refractivity contribution in [2.45, 2.75) is 24.2 Å². The van der Waals surface area contributed by atoms with Crippen LogP contribution in [-0.4, -0.2) is 60.4 Å². The molecule has 0 aliphatic carbocycles. The molecular formula is C21H25ClN4O5S. The van der Waals surface area contributed by atoms with Crippen molar-refractivity contribution >= 4 is 50.2 Å². The summed E-state index contributed by atoms with van der Waals surface area (Å²) in [6, 6.07) is 4.53. The highest BCUT2D eigenvalue weighted by atomic mass is 35.5. The van der Waals surface area contributed by atoms with Gasteiger partial charge < -0.3 is 20.4 Å². The van der Waals surface area contributed by atoms with E-state index in [1.165, 1.54) is 16.4 Å². The number of halogens is 1. The lowest BCUT2D eigenvalue weighted by molar-refractivity contribution is -0.137. The molecule has 0 spiro atoms. The van der Waals surface area contributed by atoms with E-state index in [4.69, 9.17) is 11.5 Å². The number of nitrogens with zero attached hydrogens (tertiary/aromatic N) is 1. The summed E-state index contributed by atoms with van der Waals surface area (Å²) in [5.41, 5.74) is 1.25. The van der Waals surface area contributed by atoms with Gasteiger partial charge in [0, 0.05) is 42.0 Å². The van der Waals surface area contributed by atoms with Gasteiger partial charge in [-0.05, 0) is 43.7 Å². The number of benzene rings is 1. The number of likely N-dealkylation sites (N-methyl/N-ethyl adjacent to an activating group) is 1. The van der Waals surface area contributed by atoms with Crippen LogP contribution in [0.2, 0.25) is 0 Å². The number of aliphatic carboxylic acids is 1. The van der Waals surface area contributed by atoms with Crippen LogP contribution in [0.1, 0.15) is 18.4 Å². The van der Waals surface area contributed by atoms with Gasteiger partial charge in [-0.3, -0.25) is 9.59 Å². The van der Waals surface area contributed by atoms with E-state index in [1.54, 1.807) is 19.3 Å². The largest absolute Gasteiger partial charge is 0.481 e. The van der Waals surface area contributed by atoms with Crippen LogP contribution in [0.15, 0.2) is 34.1 Å². The number of aromatic amines is 2. The lowest BCUT2D eigenvalue weighted by atomic mass is 10.0. The zero-order valence-corrected chi connectivity index (χ0v) is 19.1. The number of carbonyl (C=O) groups is 1. The molecule has 0 radical (unpaired) electrons. The van der Waals surface area contributed by atoms with Crippen molar-refractivity contribution in [1.29, 1.82) is 0 Å². The Labute approximate surface area is 191 Å². The molecule has 0 amide bonds. The maximum atomic E-state index is 13.2. The van der Waals surface area contributed by atoms with E-state index >= 15 is 0 Å². The van der Waals surface area contributed by atoms with Crippen molar-refractivity contribution in [2.24, 2.45) is 0 Å². The van der Waals surface area contributed by atoms with Gasteiger partial charge in [-0.25, -0.2) is 8.42 Å². The van der Waals surface area contributed by atoms with E-state index in [9.17, 15) is 18.0 Å². The van der Waals surface area contributed by atoms with Gasteiger partial charge in [0.25, 0.3) is 5.56 Å². The predicted octanol–water partition coefficient (Wildman–Crippen LogP) is 1.68. The molecule has 0 aliphatic rings. The Balaban J connectivity index is 0.00000363. The molecule has 1 aromatic carbocycles. The molecule has 11 heteroatoms. The Morgan fingerprint density at radius 1 is 1.34 bits per heavy atom. The average Bonchev–Trinajstić information content (AvgIpc) is 3.15. The van der Waals surface area contributed by atoms with Crippen LogP contribution >= 0.6 is 12.4 Å². The topological polar surface area (TPSA) is 135 Å². The lowest BCUT2D eigenvalue weighted by Gasteiger charge is -2.20. The number of nitrogens with one attached hydrogen (secondary N) is 3. The first kappa shape index (κ1) is 25.4. The minimum atomic E-state index is -3.86. The Hall–Kier alpha value is -2.84. The standard InChI is InChI=1S/C21H24N4O5S.ClH/c1-3-10-25(11-9-22-2)31(29,30)15-7-8-17-16(12-15)19-14(5-4-6-18(26)27)13-23-20(19)21(28)24-17;/h1,7-8,12-13,22-23H,4-6,9-11H2,2H3,(H,24,28)(H,26,27);1H. The van der Waals surface area contributed by atoms with Crippen LogP contribution in [0.3, 0.4) is 0 Å². The number of hydrogen-bond donors (Lipinski definition) is 4. The quantitative estimate of drug-likeness (QED) is 0.326. The second-order valence-corrected chi connectivity index (χ2v) is 9.06. The maximum Gasteiger partial charge on any atom is 0.303 e. The molecule has 0 saturated carbocycles. The molecule has 3 rings (SSSR count). The first-order valence-corrected chi connectivity index (χ1v) is 11.2. The number of carboxylic acids is 1. The van der Waals surface area contributed by atoms with E-state index in [1.807, 2.05) is 0 Å². The van der Waals surface area contributed by atoms with Crippen LogP contribution in [0, 0.1) is 12.3 Å². The van der Waals surface area contributed by atoms with Crippen molar-refractivity contribution in [2.75, 3.05) is 26.7 Å². The SMILES string of the molecule is C#CCN(CCNC)S(=O)(=O)c1ccc2[nH]c(=O)c3[nH]cc(CCCC(=O)O)c3c2c1.Cl. The summed E-state index contributed by atoms with van der Waals surface area (Å²) in [7, 11) is -2.14. The Bertz CT molecular complexity index is 1320. The van der Waals surface area contributed by atoms with Gasteiger partial charge in [0.15, 0.2) is 0 Å². The van der Waals surface area contributed by atoms with Crippen LogP contribution in [0.5, 0.6) is 0 Å². The normalized spacial score (nSPS) is 11.5. The highest BCUT2D eigenvalue weighted by Crippen LogP contribution is 2.28. The van der Waals surface area contributed by atoms with E-state index in [-0.39, 0.29) is 42.4 Å². The minimum Gasteiger partial charge on any atom is -0.481 e. The number of hydrogen-bond acceptors (Lipinski definition) is 5.